The van der Waals surface area contributed by atoms with Crippen molar-refractivity contribution in [1.29, 1.82) is 0 Å². The standard InChI is InChI=1S/C10H15NO2.C2H6/c1-11-7-10(13-2)8-4-3-5-9(12)6-8;1-2/h3-6,10-12H,7H2,1-2H3;1-2H3/t10-;/m0./s1. The normalized spacial score (nSPS) is 11.5. The highest BCUT2D eigenvalue weighted by Gasteiger charge is 2.08. The average Bonchev–Trinajstić information content (AvgIpc) is 2.28. The summed E-state index contributed by atoms with van der Waals surface area (Å²) in [6.45, 7) is 4.74. The van der Waals surface area contributed by atoms with Gasteiger partial charge in [0.05, 0.1) is 6.10 Å². The fourth-order valence-corrected chi connectivity index (χ4v) is 1.25. The van der Waals surface area contributed by atoms with Crippen LogP contribution in [0.25, 0.3) is 0 Å². The Hall–Kier alpha value is -1.06. The summed E-state index contributed by atoms with van der Waals surface area (Å²) in [6.07, 6.45) is -0.00269. The van der Waals surface area contributed by atoms with E-state index in [1.54, 1.807) is 19.2 Å². The number of likely N-dealkylation sites (N-methyl/N-ethyl adjacent to an activating group) is 1. The summed E-state index contributed by atoms with van der Waals surface area (Å²) >= 11 is 0. The number of methoxy groups -OCH3 is 1. The Morgan fingerprint density at radius 2 is 2.07 bits per heavy atom. The molecule has 0 aliphatic rings. The first-order valence-electron chi connectivity index (χ1n) is 5.24. The maximum Gasteiger partial charge on any atom is 0.115 e. The Balaban J connectivity index is 0.000000921. The molecule has 0 bridgehead atoms. The van der Waals surface area contributed by atoms with Crippen LogP contribution in [0.1, 0.15) is 25.5 Å². The number of benzene rings is 1. The van der Waals surface area contributed by atoms with Crippen molar-refractivity contribution in [2.45, 2.75) is 20.0 Å². The van der Waals surface area contributed by atoms with Gasteiger partial charge in [-0.15, -0.1) is 0 Å². The van der Waals surface area contributed by atoms with E-state index >= 15 is 0 Å². The van der Waals surface area contributed by atoms with Gasteiger partial charge >= 0.3 is 0 Å². The van der Waals surface area contributed by atoms with Crippen LogP contribution in [0.4, 0.5) is 0 Å². The molecule has 1 atom stereocenters. The number of rotatable bonds is 4. The highest BCUT2D eigenvalue weighted by molar-refractivity contribution is 5.28. The first-order valence-corrected chi connectivity index (χ1v) is 5.24. The molecular formula is C12H21NO2. The van der Waals surface area contributed by atoms with Crippen LogP contribution < -0.4 is 5.32 Å². The number of hydrogen-bond acceptors (Lipinski definition) is 3. The summed E-state index contributed by atoms with van der Waals surface area (Å²) in [5.41, 5.74) is 0.983. The zero-order valence-corrected chi connectivity index (χ0v) is 9.95. The third kappa shape index (κ3) is 4.81. The molecule has 0 spiro atoms. The van der Waals surface area contributed by atoms with Gasteiger partial charge in [-0.2, -0.15) is 0 Å². The van der Waals surface area contributed by atoms with Crippen LogP contribution in [0.5, 0.6) is 5.75 Å². The zero-order chi connectivity index (χ0) is 11.7. The van der Waals surface area contributed by atoms with E-state index in [9.17, 15) is 5.11 Å². The van der Waals surface area contributed by atoms with Gasteiger partial charge in [0, 0.05) is 13.7 Å². The summed E-state index contributed by atoms with van der Waals surface area (Å²) in [7, 11) is 3.53. The molecule has 15 heavy (non-hydrogen) atoms. The van der Waals surface area contributed by atoms with Crippen LogP contribution in [0.2, 0.25) is 0 Å². The number of phenols is 1. The number of aromatic hydroxyl groups is 1. The molecule has 2 N–H and O–H groups in total. The Labute approximate surface area is 92.1 Å². The van der Waals surface area contributed by atoms with E-state index in [0.29, 0.717) is 0 Å². The minimum Gasteiger partial charge on any atom is -0.508 e. The number of phenolic OH excluding ortho intramolecular Hbond substituents is 1. The number of nitrogens with one attached hydrogen (secondary N) is 1. The molecule has 3 nitrogen and oxygen atoms in total. The van der Waals surface area contributed by atoms with Crippen LogP contribution in [0, 0.1) is 0 Å². The molecule has 0 fully saturated rings. The Morgan fingerprint density at radius 3 is 2.53 bits per heavy atom. The highest BCUT2D eigenvalue weighted by Crippen LogP contribution is 2.19. The first-order chi connectivity index (χ1) is 7.27. The van der Waals surface area contributed by atoms with Gasteiger partial charge in [0.1, 0.15) is 5.75 Å². The monoisotopic (exact) mass is 211 g/mol. The Morgan fingerprint density at radius 1 is 1.40 bits per heavy atom. The molecule has 3 heteroatoms. The maximum atomic E-state index is 9.25. The molecule has 0 aliphatic heterocycles. The van der Waals surface area contributed by atoms with Crippen molar-refractivity contribution in [3.8, 4) is 5.75 Å². The predicted octanol–water partition coefficient (Wildman–Crippen LogP) is 2.33. The third-order valence-electron chi connectivity index (χ3n) is 1.92. The van der Waals surface area contributed by atoms with Crippen LogP contribution in [-0.4, -0.2) is 25.8 Å². The topological polar surface area (TPSA) is 41.5 Å². The van der Waals surface area contributed by atoms with Gasteiger partial charge in [-0.25, -0.2) is 0 Å². The van der Waals surface area contributed by atoms with Crippen molar-refractivity contribution in [3.05, 3.63) is 29.8 Å². The lowest BCUT2D eigenvalue weighted by Crippen LogP contribution is -2.18. The van der Waals surface area contributed by atoms with Gasteiger partial charge < -0.3 is 15.2 Å². The van der Waals surface area contributed by atoms with Crippen molar-refractivity contribution < 1.29 is 9.84 Å². The SMILES string of the molecule is CC.CNC[C@H](OC)c1cccc(O)c1. The second kappa shape index (κ2) is 8.26. The van der Waals surface area contributed by atoms with Crippen molar-refractivity contribution in [2.24, 2.45) is 0 Å². The fraction of sp³-hybridized carbons (Fsp3) is 0.500. The second-order valence-corrected chi connectivity index (χ2v) is 2.88. The minimum atomic E-state index is -0.00269. The van der Waals surface area contributed by atoms with E-state index in [4.69, 9.17) is 4.74 Å². The smallest absolute Gasteiger partial charge is 0.115 e. The van der Waals surface area contributed by atoms with Crippen LogP contribution >= 0.6 is 0 Å². The summed E-state index contributed by atoms with van der Waals surface area (Å²) in [6, 6.07) is 7.11. The first kappa shape index (κ1) is 13.9. The molecule has 0 amide bonds. The van der Waals surface area contributed by atoms with Gasteiger partial charge in [-0.05, 0) is 24.7 Å². The van der Waals surface area contributed by atoms with E-state index < -0.39 is 0 Å². The molecule has 0 radical (unpaired) electrons. The zero-order valence-electron chi connectivity index (χ0n) is 9.95. The van der Waals surface area contributed by atoms with Gasteiger partial charge in [-0.1, -0.05) is 26.0 Å². The number of hydrogen-bond donors (Lipinski definition) is 2. The Kier molecular flexibility index (Phi) is 7.68. The molecule has 0 aromatic heterocycles. The summed E-state index contributed by atoms with van der Waals surface area (Å²) < 4.78 is 5.26. The third-order valence-corrected chi connectivity index (χ3v) is 1.92. The van der Waals surface area contributed by atoms with Gasteiger partial charge in [0.25, 0.3) is 0 Å². The lowest BCUT2D eigenvalue weighted by Gasteiger charge is -2.14. The molecule has 0 unspecified atom stereocenters. The fourth-order valence-electron chi connectivity index (χ4n) is 1.25. The van der Waals surface area contributed by atoms with E-state index in [1.807, 2.05) is 33.0 Å². The van der Waals surface area contributed by atoms with Crippen molar-refractivity contribution in [2.75, 3.05) is 20.7 Å². The number of ether oxygens (including phenoxy) is 1. The van der Waals surface area contributed by atoms with Gasteiger partial charge in [0.15, 0.2) is 0 Å². The van der Waals surface area contributed by atoms with Crippen LogP contribution in [0.15, 0.2) is 24.3 Å². The second-order valence-electron chi connectivity index (χ2n) is 2.88. The van der Waals surface area contributed by atoms with E-state index in [1.165, 1.54) is 0 Å². The molecular weight excluding hydrogens is 190 g/mol. The average molecular weight is 211 g/mol. The molecule has 1 aromatic rings. The molecule has 0 saturated heterocycles. The quantitative estimate of drug-likeness (QED) is 0.803. The van der Waals surface area contributed by atoms with Crippen molar-refractivity contribution >= 4 is 0 Å². The molecule has 0 saturated carbocycles. The molecule has 86 valence electrons. The van der Waals surface area contributed by atoms with Crippen LogP contribution in [-0.2, 0) is 4.74 Å². The molecule has 1 aromatic carbocycles. The van der Waals surface area contributed by atoms with Crippen LogP contribution in [0.3, 0.4) is 0 Å². The van der Waals surface area contributed by atoms with Gasteiger partial charge in [-0.3, -0.25) is 0 Å². The van der Waals surface area contributed by atoms with Crippen molar-refractivity contribution in [3.63, 3.8) is 0 Å². The van der Waals surface area contributed by atoms with Crippen molar-refractivity contribution in [1.82, 2.24) is 5.32 Å². The summed E-state index contributed by atoms with van der Waals surface area (Å²) in [5, 5.41) is 12.3. The Bertz CT molecular complexity index is 264. The lowest BCUT2D eigenvalue weighted by molar-refractivity contribution is 0.104. The lowest BCUT2D eigenvalue weighted by atomic mass is 10.1. The predicted molar refractivity (Wildman–Crippen MR) is 63.1 cm³/mol. The molecule has 0 aliphatic carbocycles. The molecule has 0 heterocycles. The van der Waals surface area contributed by atoms with E-state index in [0.717, 1.165) is 12.1 Å². The van der Waals surface area contributed by atoms with E-state index in [2.05, 4.69) is 5.32 Å². The summed E-state index contributed by atoms with van der Waals surface area (Å²) in [5.74, 6) is 0.274. The maximum absolute atomic E-state index is 9.25. The van der Waals surface area contributed by atoms with E-state index in [-0.39, 0.29) is 11.9 Å². The molecule has 1 rings (SSSR count). The minimum absolute atomic E-state index is 0.00269. The largest absolute Gasteiger partial charge is 0.508 e. The highest BCUT2D eigenvalue weighted by atomic mass is 16.5. The summed E-state index contributed by atoms with van der Waals surface area (Å²) in [4.78, 5) is 0. The van der Waals surface area contributed by atoms with Gasteiger partial charge in [0.2, 0.25) is 0 Å².